The van der Waals surface area contributed by atoms with E-state index in [-0.39, 0.29) is 70.6 Å². The zero-order chi connectivity index (χ0) is 4.50. The van der Waals surface area contributed by atoms with Crippen LogP contribution in [0.25, 0.3) is 0 Å². The van der Waals surface area contributed by atoms with Crippen LogP contribution in [0.3, 0.4) is 0 Å². The third-order valence-corrected chi connectivity index (χ3v) is 0. The molecule has 0 aliphatic heterocycles. The summed E-state index contributed by atoms with van der Waals surface area (Å²) in [5.41, 5.74) is 0. The summed E-state index contributed by atoms with van der Waals surface area (Å²) in [6.45, 7) is 0. The van der Waals surface area contributed by atoms with Gasteiger partial charge in [0, 0.05) is 50.3 Å². The summed E-state index contributed by atoms with van der Waals surface area (Å²) in [7, 11) is -4.67. The van der Waals surface area contributed by atoms with E-state index >= 15 is 0 Å². The second kappa shape index (κ2) is 12.6. The monoisotopic (exact) mass is 278 g/mol. The summed E-state index contributed by atoms with van der Waals surface area (Å²) in [5, 5.41) is 0. The minimum atomic E-state index is -4.67. The first kappa shape index (κ1) is 30.6. The Bertz CT molecular complexity index is 108. The van der Waals surface area contributed by atoms with E-state index in [1.807, 2.05) is 0 Å². The Kier molecular flexibility index (Phi) is 43.0. The molecule has 0 aromatic rings. The van der Waals surface area contributed by atoms with Crippen LogP contribution in [0.5, 0.6) is 0 Å². The smallest absolute Gasteiger partial charge is 1.00 e. The fourth-order valence-electron chi connectivity index (χ4n) is 0. The molecule has 0 fully saturated rings. The van der Waals surface area contributed by atoms with Crippen LogP contribution in [-0.2, 0) is 60.7 Å². The van der Waals surface area contributed by atoms with Crippen molar-refractivity contribution in [3.05, 3.63) is 0 Å². The van der Waals surface area contributed by atoms with Crippen molar-refractivity contribution >= 4 is 10.4 Å². The SMILES string of the molecule is O=S(=O)(O)O.[Co].[H-].[Li+].[Mn].[Ni]. The predicted molar refractivity (Wildman–Crippen MR) is 15.3 cm³/mol. The Labute approximate surface area is 97.8 Å². The van der Waals surface area contributed by atoms with Crippen LogP contribution in [0.4, 0.5) is 0 Å². The van der Waals surface area contributed by atoms with E-state index in [1.54, 1.807) is 0 Å². The molecule has 0 bridgehead atoms. The van der Waals surface area contributed by atoms with Gasteiger partial charge in [0.25, 0.3) is 0 Å². The minimum Gasteiger partial charge on any atom is -1.00 e. The molecule has 0 aliphatic rings. The molecule has 9 heteroatoms. The summed E-state index contributed by atoms with van der Waals surface area (Å²) < 4.78 is 31.6. The van der Waals surface area contributed by atoms with Gasteiger partial charge in [-0.05, 0) is 0 Å². The summed E-state index contributed by atoms with van der Waals surface area (Å²) >= 11 is 0. The van der Waals surface area contributed by atoms with E-state index in [4.69, 9.17) is 17.5 Å². The van der Waals surface area contributed by atoms with E-state index in [1.165, 1.54) is 0 Å². The molecule has 0 saturated heterocycles. The second-order valence-electron chi connectivity index (χ2n) is 0.448. The molecule has 0 heterocycles. The fraction of sp³-hybridized carbons (Fsp3) is 0. The summed E-state index contributed by atoms with van der Waals surface area (Å²) in [6, 6.07) is 0. The topological polar surface area (TPSA) is 74.6 Å². The molecule has 0 amide bonds. The van der Waals surface area contributed by atoms with Gasteiger partial charge in [0.15, 0.2) is 0 Å². The molecule has 0 atom stereocenters. The summed E-state index contributed by atoms with van der Waals surface area (Å²) in [6.07, 6.45) is 0. The first-order valence-corrected chi connectivity index (χ1v) is 2.10. The number of hydrogen-bond donors (Lipinski definition) is 2. The minimum absolute atomic E-state index is 0. The molecular formula is H3CoLiMnNiO4S. The molecular weight excluding hydrogens is 276 g/mol. The third kappa shape index (κ3) is 161. The van der Waals surface area contributed by atoms with Gasteiger partial charge in [0.1, 0.15) is 0 Å². The maximum Gasteiger partial charge on any atom is 1.00 e. The number of rotatable bonds is 0. The van der Waals surface area contributed by atoms with Gasteiger partial charge in [-0.15, -0.1) is 0 Å². The molecule has 0 aliphatic carbocycles. The van der Waals surface area contributed by atoms with Crippen molar-refractivity contribution in [3.8, 4) is 0 Å². The van der Waals surface area contributed by atoms with Crippen molar-refractivity contribution < 1.29 is 88.1 Å². The first-order valence-electron chi connectivity index (χ1n) is 0.698. The van der Waals surface area contributed by atoms with Crippen molar-refractivity contribution in [1.29, 1.82) is 0 Å². The van der Waals surface area contributed by atoms with Gasteiger partial charge >= 0.3 is 29.3 Å². The van der Waals surface area contributed by atoms with Gasteiger partial charge in [0.05, 0.1) is 0 Å². The standard InChI is InChI=1S/Co.Li.Mn.Ni.H2O4S.H/c;;;;1-5(2,3)4;/h;;;;(H2,1,2,3,4);/q;+1;;;;-1. The molecule has 2 radical (unpaired) electrons. The summed E-state index contributed by atoms with van der Waals surface area (Å²) in [5.74, 6) is 0. The largest absolute Gasteiger partial charge is 1.00 e. The first-order chi connectivity index (χ1) is 2.00. The Morgan fingerprint density at radius 2 is 1.22 bits per heavy atom. The van der Waals surface area contributed by atoms with Gasteiger partial charge in [-0.3, -0.25) is 9.11 Å². The van der Waals surface area contributed by atoms with Crippen molar-refractivity contribution in [2.45, 2.75) is 0 Å². The molecule has 0 aromatic heterocycles. The predicted octanol–water partition coefficient (Wildman–Crippen LogP) is -3.54. The molecule has 0 spiro atoms. The average molecular weight is 279 g/mol. The Morgan fingerprint density at radius 1 is 1.22 bits per heavy atom. The van der Waals surface area contributed by atoms with Crippen LogP contribution in [-0.4, -0.2) is 17.5 Å². The van der Waals surface area contributed by atoms with E-state index in [0.717, 1.165) is 0 Å². The van der Waals surface area contributed by atoms with Crippen molar-refractivity contribution in [2.24, 2.45) is 0 Å². The Balaban J connectivity index is -0.00000000800. The van der Waals surface area contributed by atoms with Gasteiger partial charge in [0.2, 0.25) is 0 Å². The van der Waals surface area contributed by atoms with E-state index < -0.39 is 10.4 Å². The molecule has 0 unspecified atom stereocenters. The van der Waals surface area contributed by atoms with Gasteiger partial charge in [-0.1, -0.05) is 0 Å². The van der Waals surface area contributed by atoms with Crippen molar-refractivity contribution in [1.82, 2.24) is 0 Å². The molecule has 60 valence electrons. The quantitative estimate of drug-likeness (QED) is 0.356. The average Bonchev–Trinajstić information content (AvgIpc) is 0.722. The van der Waals surface area contributed by atoms with Crippen molar-refractivity contribution in [3.63, 3.8) is 0 Å². The molecule has 0 aromatic carbocycles. The number of hydrogen-bond acceptors (Lipinski definition) is 2. The van der Waals surface area contributed by atoms with Crippen LogP contribution in [0.1, 0.15) is 1.43 Å². The van der Waals surface area contributed by atoms with Crippen LogP contribution in [0.2, 0.25) is 0 Å². The summed E-state index contributed by atoms with van der Waals surface area (Å²) in [4.78, 5) is 0. The molecule has 0 rings (SSSR count). The van der Waals surface area contributed by atoms with E-state index in [2.05, 4.69) is 0 Å². The van der Waals surface area contributed by atoms with Crippen LogP contribution >= 0.6 is 0 Å². The fourth-order valence-corrected chi connectivity index (χ4v) is 0. The Morgan fingerprint density at radius 3 is 1.22 bits per heavy atom. The zero-order valence-electron chi connectivity index (χ0n) is 5.15. The van der Waals surface area contributed by atoms with Gasteiger partial charge in [-0.25, -0.2) is 0 Å². The van der Waals surface area contributed by atoms with Crippen LogP contribution in [0, 0.1) is 0 Å². The zero-order valence-corrected chi connectivity index (χ0v) is 8.17. The third-order valence-electron chi connectivity index (χ3n) is 0. The van der Waals surface area contributed by atoms with Gasteiger partial charge < -0.3 is 1.43 Å². The molecule has 4 nitrogen and oxygen atoms in total. The van der Waals surface area contributed by atoms with Crippen LogP contribution < -0.4 is 18.9 Å². The van der Waals surface area contributed by atoms with Crippen LogP contribution in [0.15, 0.2) is 0 Å². The van der Waals surface area contributed by atoms with Crippen molar-refractivity contribution in [2.75, 3.05) is 0 Å². The normalized spacial score (nSPS) is 6.44. The molecule has 0 saturated carbocycles. The maximum absolute atomic E-state index is 8.74. The van der Waals surface area contributed by atoms with E-state index in [0.29, 0.717) is 0 Å². The Hall–Kier alpha value is 1.99. The van der Waals surface area contributed by atoms with E-state index in [9.17, 15) is 0 Å². The maximum atomic E-state index is 8.74. The second-order valence-corrected chi connectivity index (χ2v) is 1.34. The molecule has 9 heavy (non-hydrogen) atoms. The van der Waals surface area contributed by atoms with Gasteiger partial charge in [-0.2, -0.15) is 8.42 Å². The molecule has 2 N–H and O–H groups in total.